The van der Waals surface area contributed by atoms with Gasteiger partial charge in [0.2, 0.25) is 0 Å². The Bertz CT molecular complexity index is 643. The average Bonchev–Trinajstić information content (AvgIpc) is 2.84. The summed E-state index contributed by atoms with van der Waals surface area (Å²) in [5.41, 5.74) is 2.21. The molecule has 0 bridgehead atoms. The number of carbonyl (C=O) groups excluding carboxylic acids is 1. The second-order valence-corrected chi connectivity index (χ2v) is 6.31. The number of aryl methyl sites for hydroxylation is 1. The van der Waals surface area contributed by atoms with Crippen LogP contribution in [0, 0.1) is 0 Å². The summed E-state index contributed by atoms with van der Waals surface area (Å²) < 4.78 is 6.89. The fourth-order valence-electron chi connectivity index (χ4n) is 1.94. The number of ether oxygens (including phenoxy) is 1. The van der Waals surface area contributed by atoms with E-state index in [1.54, 1.807) is 4.68 Å². The lowest BCUT2D eigenvalue weighted by Crippen LogP contribution is -2.27. The van der Waals surface area contributed by atoms with Gasteiger partial charge < -0.3 is 10.1 Å². The number of benzene rings is 1. The molecule has 23 heavy (non-hydrogen) atoms. The molecule has 0 radical (unpaired) electrons. The second-order valence-electron chi connectivity index (χ2n) is 6.31. The van der Waals surface area contributed by atoms with Crippen molar-refractivity contribution in [3.05, 3.63) is 41.7 Å². The summed E-state index contributed by atoms with van der Waals surface area (Å²) in [7, 11) is 1.84. The van der Waals surface area contributed by atoms with E-state index in [1.165, 1.54) is 0 Å². The van der Waals surface area contributed by atoms with E-state index in [0.29, 0.717) is 18.8 Å². The van der Waals surface area contributed by atoms with Crippen molar-refractivity contribution in [2.45, 2.75) is 39.5 Å². The molecule has 1 heterocycles. The molecular weight excluding hydrogens is 294 g/mol. The van der Waals surface area contributed by atoms with Crippen molar-refractivity contribution < 1.29 is 9.53 Å². The summed E-state index contributed by atoms with van der Waals surface area (Å²) in [5, 5.41) is 13.9. The number of amides is 1. The molecule has 1 amide bonds. The maximum atomic E-state index is 11.7. The normalized spacial score (nSPS) is 11.3. The SMILES string of the molecule is Cn1cc(CNCc2ccc(NC(=O)OC(C)(C)C)cc2)nn1. The smallest absolute Gasteiger partial charge is 0.412 e. The zero-order chi connectivity index (χ0) is 16.9. The molecule has 1 aromatic carbocycles. The van der Waals surface area contributed by atoms with Gasteiger partial charge in [0.1, 0.15) is 5.60 Å². The van der Waals surface area contributed by atoms with Gasteiger partial charge in [0, 0.05) is 32.0 Å². The Kier molecular flexibility index (Phi) is 5.33. The second kappa shape index (κ2) is 7.23. The number of carbonyl (C=O) groups is 1. The van der Waals surface area contributed by atoms with E-state index in [9.17, 15) is 4.79 Å². The van der Waals surface area contributed by atoms with Gasteiger partial charge in [-0.3, -0.25) is 10.00 Å². The molecule has 0 aliphatic rings. The van der Waals surface area contributed by atoms with E-state index in [4.69, 9.17) is 4.74 Å². The van der Waals surface area contributed by atoms with E-state index in [1.807, 2.05) is 58.3 Å². The monoisotopic (exact) mass is 317 g/mol. The highest BCUT2D eigenvalue weighted by molar-refractivity contribution is 5.84. The summed E-state index contributed by atoms with van der Waals surface area (Å²) in [4.78, 5) is 11.7. The van der Waals surface area contributed by atoms with Gasteiger partial charge in [-0.25, -0.2) is 4.79 Å². The average molecular weight is 317 g/mol. The summed E-state index contributed by atoms with van der Waals surface area (Å²) in [6.07, 6.45) is 1.42. The topological polar surface area (TPSA) is 81.1 Å². The lowest BCUT2D eigenvalue weighted by atomic mass is 10.2. The van der Waals surface area contributed by atoms with Crippen LogP contribution in [0.2, 0.25) is 0 Å². The Morgan fingerprint density at radius 3 is 2.48 bits per heavy atom. The minimum atomic E-state index is -0.506. The maximum absolute atomic E-state index is 11.7. The van der Waals surface area contributed by atoms with Crippen molar-refractivity contribution in [3.8, 4) is 0 Å². The molecule has 7 heteroatoms. The van der Waals surface area contributed by atoms with E-state index in [0.717, 1.165) is 11.3 Å². The van der Waals surface area contributed by atoms with Crippen LogP contribution in [0.25, 0.3) is 0 Å². The van der Waals surface area contributed by atoms with Crippen molar-refractivity contribution >= 4 is 11.8 Å². The van der Waals surface area contributed by atoms with Gasteiger partial charge in [0.05, 0.1) is 5.69 Å². The zero-order valence-electron chi connectivity index (χ0n) is 14.0. The highest BCUT2D eigenvalue weighted by Crippen LogP contribution is 2.13. The van der Waals surface area contributed by atoms with Crippen LogP contribution in [0.15, 0.2) is 30.5 Å². The van der Waals surface area contributed by atoms with Crippen LogP contribution in [0.4, 0.5) is 10.5 Å². The number of hydrogen-bond donors (Lipinski definition) is 2. The molecule has 0 unspecified atom stereocenters. The Labute approximate surface area is 136 Å². The first-order valence-corrected chi connectivity index (χ1v) is 7.47. The lowest BCUT2D eigenvalue weighted by molar-refractivity contribution is 0.0636. The Hall–Kier alpha value is -2.41. The number of nitrogens with one attached hydrogen (secondary N) is 2. The quantitative estimate of drug-likeness (QED) is 0.885. The van der Waals surface area contributed by atoms with Gasteiger partial charge in [-0.1, -0.05) is 17.3 Å². The summed E-state index contributed by atoms with van der Waals surface area (Å²) in [6.45, 7) is 6.87. The Morgan fingerprint density at radius 2 is 1.91 bits per heavy atom. The third-order valence-electron chi connectivity index (χ3n) is 2.88. The number of aromatic nitrogens is 3. The molecule has 2 aromatic rings. The third kappa shape index (κ3) is 6.07. The molecule has 0 aliphatic heterocycles. The van der Waals surface area contributed by atoms with Crippen molar-refractivity contribution in [1.82, 2.24) is 20.3 Å². The maximum Gasteiger partial charge on any atom is 0.412 e. The number of rotatable bonds is 5. The molecule has 0 fully saturated rings. The van der Waals surface area contributed by atoms with Crippen LogP contribution >= 0.6 is 0 Å². The van der Waals surface area contributed by atoms with Gasteiger partial charge in [-0.2, -0.15) is 0 Å². The van der Waals surface area contributed by atoms with Crippen LogP contribution in [0.5, 0.6) is 0 Å². The summed E-state index contributed by atoms with van der Waals surface area (Å²) >= 11 is 0. The fourth-order valence-corrected chi connectivity index (χ4v) is 1.94. The van der Waals surface area contributed by atoms with Crippen molar-refractivity contribution in [3.63, 3.8) is 0 Å². The van der Waals surface area contributed by atoms with Crippen molar-refractivity contribution in [2.24, 2.45) is 7.05 Å². The molecule has 2 N–H and O–H groups in total. The molecule has 2 rings (SSSR count). The fraction of sp³-hybridized carbons (Fsp3) is 0.438. The Balaban J connectivity index is 1.79. The van der Waals surface area contributed by atoms with Gasteiger partial charge in [0.15, 0.2) is 0 Å². The van der Waals surface area contributed by atoms with Crippen LogP contribution in [-0.2, 0) is 24.9 Å². The molecule has 0 saturated heterocycles. The minimum absolute atomic E-state index is 0.453. The van der Waals surface area contributed by atoms with Gasteiger partial charge in [-0.15, -0.1) is 5.10 Å². The molecule has 7 nitrogen and oxygen atoms in total. The first-order chi connectivity index (χ1) is 10.8. The van der Waals surface area contributed by atoms with Gasteiger partial charge in [-0.05, 0) is 38.5 Å². The predicted octanol–water partition coefficient (Wildman–Crippen LogP) is 2.45. The lowest BCUT2D eigenvalue weighted by Gasteiger charge is -2.19. The van der Waals surface area contributed by atoms with E-state index in [2.05, 4.69) is 20.9 Å². The number of nitrogens with zero attached hydrogens (tertiary/aromatic N) is 3. The number of anilines is 1. The Morgan fingerprint density at radius 1 is 1.22 bits per heavy atom. The van der Waals surface area contributed by atoms with E-state index >= 15 is 0 Å². The number of hydrogen-bond acceptors (Lipinski definition) is 5. The summed E-state index contributed by atoms with van der Waals surface area (Å²) in [5.74, 6) is 0. The molecule has 0 spiro atoms. The van der Waals surface area contributed by atoms with E-state index in [-0.39, 0.29) is 0 Å². The van der Waals surface area contributed by atoms with E-state index < -0.39 is 11.7 Å². The van der Waals surface area contributed by atoms with Crippen LogP contribution in [-0.4, -0.2) is 26.7 Å². The highest BCUT2D eigenvalue weighted by atomic mass is 16.6. The van der Waals surface area contributed by atoms with Gasteiger partial charge in [0.25, 0.3) is 0 Å². The largest absolute Gasteiger partial charge is 0.444 e. The molecule has 0 saturated carbocycles. The van der Waals surface area contributed by atoms with Crippen LogP contribution in [0.3, 0.4) is 0 Å². The predicted molar refractivity (Wildman–Crippen MR) is 87.8 cm³/mol. The zero-order valence-corrected chi connectivity index (χ0v) is 14.0. The van der Waals surface area contributed by atoms with Crippen molar-refractivity contribution in [2.75, 3.05) is 5.32 Å². The molecular formula is C16H23N5O2. The standard InChI is InChI=1S/C16H23N5O2/c1-16(2,3)23-15(22)18-13-7-5-12(6-8-13)9-17-10-14-11-21(4)20-19-14/h5-8,11,17H,9-10H2,1-4H3,(H,18,22). The molecule has 1 aromatic heterocycles. The summed E-state index contributed by atoms with van der Waals surface area (Å²) in [6, 6.07) is 7.61. The molecule has 0 aliphatic carbocycles. The highest BCUT2D eigenvalue weighted by Gasteiger charge is 2.15. The first kappa shape index (κ1) is 17.0. The minimum Gasteiger partial charge on any atom is -0.444 e. The van der Waals surface area contributed by atoms with Gasteiger partial charge >= 0.3 is 6.09 Å². The van der Waals surface area contributed by atoms with Crippen LogP contribution < -0.4 is 10.6 Å². The van der Waals surface area contributed by atoms with Crippen molar-refractivity contribution in [1.29, 1.82) is 0 Å². The molecule has 124 valence electrons. The van der Waals surface area contributed by atoms with Crippen LogP contribution in [0.1, 0.15) is 32.0 Å². The first-order valence-electron chi connectivity index (χ1n) is 7.47. The molecule has 0 atom stereocenters. The third-order valence-corrected chi connectivity index (χ3v) is 2.88.